The summed E-state index contributed by atoms with van der Waals surface area (Å²) in [7, 11) is 0. The van der Waals surface area contributed by atoms with Gasteiger partial charge >= 0.3 is 0 Å². The van der Waals surface area contributed by atoms with Crippen molar-refractivity contribution < 1.29 is 4.74 Å². The number of rotatable bonds is 5. The Morgan fingerprint density at radius 2 is 2.05 bits per heavy atom. The fraction of sp³-hybridized carbons (Fsp3) is 0.688. The minimum absolute atomic E-state index is 0.176. The first-order chi connectivity index (χ1) is 9.09. The van der Waals surface area contributed by atoms with Crippen molar-refractivity contribution in [1.29, 1.82) is 0 Å². The van der Waals surface area contributed by atoms with Crippen LogP contribution in [0.4, 0.5) is 5.82 Å². The Labute approximate surface area is 116 Å². The van der Waals surface area contributed by atoms with Crippen LogP contribution in [0.5, 0.6) is 5.75 Å². The minimum atomic E-state index is 0.176. The molecule has 0 bridgehead atoms. The summed E-state index contributed by atoms with van der Waals surface area (Å²) in [5.41, 5.74) is 0.408. The van der Waals surface area contributed by atoms with Crippen molar-refractivity contribution in [2.75, 3.05) is 11.9 Å². The Kier molecular flexibility index (Phi) is 4.67. The predicted molar refractivity (Wildman–Crippen MR) is 79.7 cm³/mol. The number of ether oxygens (including phenoxy) is 1. The first kappa shape index (κ1) is 14.2. The van der Waals surface area contributed by atoms with Crippen LogP contribution in [0.15, 0.2) is 18.3 Å². The van der Waals surface area contributed by atoms with E-state index in [9.17, 15) is 0 Å². The van der Waals surface area contributed by atoms with Crippen LogP contribution in [0, 0.1) is 5.41 Å². The highest BCUT2D eigenvalue weighted by Gasteiger charge is 2.26. The third kappa shape index (κ3) is 4.12. The molecule has 0 aliphatic heterocycles. The number of hydrogen-bond donors (Lipinski definition) is 1. The van der Waals surface area contributed by atoms with Gasteiger partial charge in [-0.25, -0.2) is 4.98 Å². The lowest BCUT2D eigenvalue weighted by Gasteiger charge is -2.34. The minimum Gasteiger partial charge on any atom is -0.487 e. The van der Waals surface area contributed by atoms with Gasteiger partial charge in [0.2, 0.25) is 0 Å². The molecule has 2 rings (SSSR count). The van der Waals surface area contributed by atoms with E-state index in [0.29, 0.717) is 5.41 Å². The van der Waals surface area contributed by atoms with Gasteiger partial charge in [-0.1, -0.05) is 26.2 Å². The van der Waals surface area contributed by atoms with Crippen molar-refractivity contribution in [3.05, 3.63) is 18.3 Å². The van der Waals surface area contributed by atoms with Gasteiger partial charge in [-0.3, -0.25) is 0 Å². The normalized spacial score (nSPS) is 18.3. The van der Waals surface area contributed by atoms with E-state index in [0.717, 1.165) is 18.1 Å². The predicted octanol–water partition coefficient (Wildman–Crippen LogP) is 4.25. The second kappa shape index (κ2) is 6.27. The van der Waals surface area contributed by atoms with E-state index >= 15 is 0 Å². The van der Waals surface area contributed by atoms with Crippen molar-refractivity contribution in [2.24, 2.45) is 5.41 Å². The third-order valence-corrected chi connectivity index (χ3v) is 3.88. The summed E-state index contributed by atoms with van der Waals surface area (Å²) in [6, 6.07) is 3.91. The number of pyridine rings is 1. The third-order valence-electron chi connectivity index (χ3n) is 3.88. The summed E-state index contributed by atoms with van der Waals surface area (Å²) < 4.78 is 5.79. The molecule has 0 spiro atoms. The topological polar surface area (TPSA) is 34.1 Å². The van der Waals surface area contributed by atoms with Gasteiger partial charge in [0.05, 0.1) is 6.10 Å². The summed E-state index contributed by atoms with van der Waals surface area (Å²) in [4.78, 5) is 4.41. The van der Waals surface area contributed by atoms with Crippen molar-refractivity contribution >= 4 is 5.82 Å². The highest BCUT2D eigenvalue weighted by Crippen LogP contribution is 2.36. The van der Waals surface area contributed by atoms with E-state index < -0.39 is 0 Å². The SMILES string of the molecule is CC(C)Oc1cccnc1NCC1(C)CCCCC1. The summed E-state index contributed by atoms with van der Waals surface area (Å²) in [6.45, 7) is 7.45. The highest BCUT2D eigenvalue weighted by atomic mass is 16.5. The van der Waals surface area contributed by atoms with Crippen LogP contribution < -0.4 is 10.1 Å². The number of hydrogen-bond acceptors (Lipinski definition) is 3. The number of aromatic nitrogens is 1. The Morgan fingerprint density at radius 1 is 1.32 bits per heavy atom. The molecule has 1 aliphatic carbocycles. The van der Waals surface area contributed by atoms with Crippen LogP contribution in [0.1, 0.15) is 52.9 Å². The average Bonchev–Trinajstić information content (AvgIpc) is 2.38. The summed E-state index contributed by atoms with van der Waals surface area (Å²) in [5, 5.41) is 3.49. The van der Waals surface area contributed by atoms with Gasteiger partial charge in [-0.15, -0.1) is 0 Å². The molecule has 1 heterocycles. The molecule has 0 aromatic carbocycles. The molecule has 0 radical (unpaired) electrons. The smallest absolute Gasteiger partial charge is 0.168 e. The Balaban J connectivity index is 1.98. The lowest BCUT2D eigenvalue weighted by molar-refractivity contribution is 0.230. The molecule has 3 heteroatoms. The summed E-state index contributed by atoms with van der Waals surface area (Å²) in [5.74, 6) is 1.74. The fourth-order valence-electron chi connectivity index (χ4n) is 2.75. The van der Waals surface area contributed by atoms with Crippen LogP contribution in [-0.4, -0.2) is 17.6 Å². The summed E-state index contributed by atoms with van der Waals surface area (Å²) in [6.07, 6.45) is 8.72. The standard InChI is InChI=1S/C16H26N2O/c1-13(2)19-14-8-7-11-17-15(14)18-12-16(3)9-5-4-6-10-16/h7-8,11,13H,4-6,9-10,12H2,1-3H3,(H,17,18). The zero-order valence-corrected chi connectivity index (χ0v) is 12.4. The fourth-order valence-corrected chi connectivity index (χ4v) is 2.75. The molecular formula is C16H26N2O. The molecule has 3 nitrogen and oxygen atoms in total. The van der Waals surface area contributed by atoms with Crippen LogP contribution in [0.2, 0.25) is 0 Å². The highest BCUT2D eigenvalue weighted by molar-refractivity contribution is 5.49. The largest absolute Gasteiger partial charge is 0.487 e. The number of nitrogens with one attached hydrogen (secondary N) is 1. The molecule has 0 unspecified atom stereocenters. The lowest BCUT2D eigenvalue weighted by atomic mass is 9.76. The van der Waals surface area contributed by atoms with Crippen molar-refractivity contribution in [3.8, 4) is 5.75 Å². The number of anilines is 1. The molecule has 1 aliphatic rings. The quantitative estimate of drug-likeness (QED) is 0.861. The Hall–Kier alpha value is -1.25. The molecular weight excluding hydrogens is 236 g/mol. The maximum absolute atomic E-state index is 5.79. The van der Waals surface area contributed by atoms with Crippen LogP contribution in [-0.2, 0) is 0 Å². The van der Waals surface area contributed by atoms with E-state index in [1.807, 2.05) is 32.2 Å². The second-order valence-electron chi connectivity index (χ2n) is 6.24. The van der Waals surface area contributed by atoms with Crippen molar-refractivity contribution in [3.63, 3.8) is 0 Å². The molecule has 1 aromatic rings. The monoisotopic (exact) mass is 262 g/mol. The molecule has 1 N–H and O–H groups in total. The zero-order chi connectivity index (χ0) is 13.7. The van der Waals surface area contributed by atoms with Gasteiger partial charge in [0.25, 0.3) is 0 Å². The van der Waals surface area contributed by atoms with E-state index in [-0.39, 0.29) is 6.10 Å². The maximum atomic E-state index is 5.79. The molecule has 0 amide bonds. The molecule has 1 saturated carbocycles. The molecule has 106 valence electrons. The Bertz CT molecular complexity index is 397. The van der Waals surface area contributed by atoms with E-state index in [1.165, 1.54) is 32.1 Å². The first-order valence-corrected chi connectivity index (χ1v) is 7.45. The maximum Gasteiger partial charge on any atom is 0.168 e. The lowest BCUT2D eigenvalue weighted by Crippen LogP contribution is -2.29. The van der Waals surface area contributed by atoms with Gasteiger partial charge in [0.15, 0.2) is 11.6 Å². The molecule has 0 saturated heterocycles. The second-order valence-corrected chi connectivity index (χ2v) is 6.24. The number of nitrogens with zero attached hydrogens (tertiary/aromatic N) is 1. The molecule has 0 atom stereocenters. The van der Waals surface area contributed by atoms with Crippen LogP contribution in [0.25, 0.3) is 0 Å². The van der Waals surface area contributed by atoms with Gasteiger partial charge in [-0.2, -0.15) is 0 Å². The molecule has 1 aromatic heterocycles. The molecule has 19 heavy (non-hydrogen) atoms. The van der Waals surface area contributed by atoms with Gasteiger partial charge in [-0.05, 0) is 44.2 Å². The van der Waals surface area contributed by atoms with E-state index in [4.69, 9.17) is 4.74 Å². The van der Waals surface area contributed by atoms with Gasteiger partial charge in [0.1, 0.15) is 0 Å². The Morgan fingerprint density at radius 3 is 2.74 bits per heavy atom. The molecule has 1 fully saturated rings. The van der Waals surface area contributed by atoms with Crippen LogP contribution >= 0.6 is 0 Å². The van der Waals surface area contributed by atoms with E-state index in [1.54, 1.807) is 0 Å². The van der Waals surface area contributed by atoms with Crippen molar-refractivity contribution in [1.82, 2.24) is 4.98 Å². The van der Waals surface area contributed by atoms with Crippen LogP contribution in [0.3, 0.4) is 0 Å². The first-order valence-electron chi connectivity index (χ1n) is 7.45. The van der Waals surface area contributed by atoms with Gasteiger partial charge < -0.3 is 10.1 Å². The van der Waals surface area contributed by atoms with E-state index in [2.05, 4.69) is 17.2 Å². The van der Waals surface area contributed by atoms with Gasteiger partial charge in [0, 0.05) is 12.7 Å². The summed E-state index contributed by atoms with van der Waals surface area (Å²) >= 11 is 0. The average molecular weight is 262 g/mol. The van der Waals surface area contributed by atoms with Crippen molar-refractivity contribution in [2.45, 2.75) is 59.0 Å². The zero-order valence-electron chi connectivity index (χ0n) is 12.4.